The summed E-state index contributed by atoms with van der Waals surface area (Å²) in [6.07, 6.45) is 0. The van der Waals surface area contributed by atoms with Gasteiger partial charge in [0.15, 0.2) is 0 Å². The monoisotopic (exact) mass is 560 g/mol. The van der Waals surface area contributed by atoms with Gasteiger partial charge in [-0.3, -0.25) is 0 Å². The third-order valence-corrected chi connectivity index (χ3v) is 9.80. The maximum Gasteiger partial charge on any atom is 0.128 e. The highest BCUT2D eigenvalue weighted by atomic mass is 31.1. The lowest BCUT2D eigenvalue weighted by Gasteiger charge is -2.30. The number of hydrogen-bond acceptors (Lipinski definition) is 4. The Balaban J connectivity index is 1.99. The fourth-order valence-corrected chi connectivity index (χ4v) is 8.02. The Bertz CT molecular complexity index is 1500. The van der Waals surface area contributed by atoms with Gasteiger partial charge < -0.3 is 19.3 Å². The van der Waals surface area contributed by atoms with E-state index in [1.54, 1.807) is 14.2 Å². The number of methoxy groups -OCH3 is 2. The molecule has 5 aromatic rings. The van der Waals surface area contributed by atoms with Crippen molar-refractivity contribution in [1.29, 1.82) is 0 Å². The van der Waals surface area contributed by atoms with Crippen molar-refractivity contribution in [1.82, 2.24) is 0 Å². The fraction of sp³-hybridized carbons (Fsp3) is 0.167. The van der Waals surface area contributed by atoms with Gasteiger partial charge in [-0.1, -0.05) is 91.0 Å². The molecular formula is C36H37N2O2P. The van der Waals surface area contributed by atoms with Gasteiger partial charge in [0.2, 0.25) is 0 Å². The summed E-state index contributed by atoms with van der Waals surface area (Å²) in [4.78, 5) is 4.33. The van der Waals surface area contributed by atoms with Gasteiger partial charge in [-0.25, -0.2) is 0 Å². The summed E-state index contributed by atoms with van der Waals surface area (Å²) in [6.45, 7) is 0. The van der Waals surface area contributed by atoms with Crippen molar-refractivity contribution in [3.05, 3.63) is 115 Å². The van der Waals surface area contributed by atoms with Crippen LogP contribution in [0.25, 0.3) is 22.3 Å². The lowest BCUT2D eigenvalue weighted by Crippen LogP contribution is -2.25. The van der Waals surface area contributed by atoms with Gasteiger partial charge >= 0.3 is 0 Å². The topological polar surface area (TPSA) is 24.9 Å². The minimum atomic E-state index is -0.981. The normalized spacial score (nSPS) is 10.9. The molecule has 0 aliphatic heterocycles. The molecule has 5 rings (SSSR count). The molecule has 0 radical (unpaired) electrons. The van der Waals surface area contributed by atoms with Crippen LogP contribution in [0.2, 0.25) is 0 Å². The van der Waals surface area contributed by atoms with Crippen LogP contribution in [0.5, 0.6) is 11.5 Å². The van der Waals surface area contributed by atoms with Crippen LogP contribution in [-0.4, -0.2) is 42.4 Å². The summed E-state index contributed by atoms with van der Waals surface area (Å²) in [5.74, 6) is 1.69. The summed E-state index contributed by atoms with van der Waals surface area (Å²) in [5.41, 5.74) is 6.67. The first-order chi connectivity index (χ1) is 20.0. The molecule has 0 aliphatic carbocycles. The van der Waals surface area contributed by atoms with E-state index < -0.39 is 7.92 Å². The molecular weight excluding hydrogens is 523 g/mol. The van der Waals surface area contributed by atoms with Gasteiger partial charge in [0.1, 0.15) is 11.5 Å². The van der Waals surface area contributed by atoms with Crippen LogP contribution in [0, 0.1) is 0 Å². The molecule has 0 spiro atoms. The van der Waals surface area contributed by atoms with E-state index in [0.29, 0.717) is 0 Å². The van der Waals surface area contributed by atoms with Crippen molar-refractivity contribution < 1.29 is 9.47 Å². The standard InChI is InChI=1S/C36H37N2O2P/c1-37(2)30-22-14-24-32(39-5)34(30)28-20-13-21-29(35-31(38(3)4)23-15-25-33(35)40-6)36(28)41(26-16-9-7-10-17-26)27-18-11-8-12-19-27/h7-25H,1-6H3. The molecule has 0 N–H and O–H groups in total. The summed E-state index contributed by atoms with van der Waals surface area (Å²) < 4.78 is 12.1. The number of ether oxygens (including phenoxy) is 2. The van der Waals surface area contributed by atoms with Crippen LogP contribution >= 0.6 is 7.92 Å². The van der Waals surface area contributed by atoms with E-state index >= 15 is 0 Å². The molecule has 0 saturated heterocycles. The van der Waals surface area contributed by atoms with E-state index in [4.69, 9.17) is 9.47 Å². The Morgan fingerprint density at radius 1 is 0.463 bits per heavy atom. The van der Waals surface area contributed by atoms with E-state index in [1.807, 2.05) is 0 Å². The van der Waals surface area contributed by atoms with Gasteiger partial charge in [0.05, 0.1) is 14.2 Å². The summed E-state index contributed by atoms with van der Waals surface area (Å²) in [5, 5.41) is 3.83. The molecule has 0 saturated carbocycles. The minimum Gasteiger partial charge on any atom is -0.496 e. The third-order valence-electron chi connectivity index (χ3n) is 7.24. The quantitative estimate of drug-likeness (QED) is 0.183. The predicted octanol–water partition coefficient (Wildman–Crippen LogP) is 6.93. The highest BCUT2D eigenvalue weighted by molar-refractivity contribution is 7.80. The Hall–Kier alpha value is -4.27. The lowest BCUT2D eigenvalue weighted by molar-refractivity contribution is 0.416. The Morgan fingerprint density at radius 3 is 1.22 bits per heavy atom. The summed E-state index contributed by atoms with van der Waals surface area (Å²) in [6, 6.07) is 40.9. The molecule has 5 aromatic carbocycles. The number of hydrogen-bond donors (Lipinski definition) is 0. The largest absolute Gasteiger partial charge is 0.496 e. The number of nitrogens with zero attached hydrogens (tertiary/aromatic N) is 2. The van der Waals surface area contributed by atoms with Gasteiger partial charge in [-0.2, -0.15) is 0 Å². The zero-order valence-electron chi connectivity index (χ0n) is 24.6. The average Bonchev–Trinajstić information content (AvgIpc) is 3.01. The molecule has 0 unspecified atom stereocenters. The molecule has 0 fully saturated rings. The number of anilines is 2. The first-order valence-electron chi connectivity index (χ1n) is 13.7. The van der Waals surface area contributed by atoms with Crippen LogP contribution in [0.4, 0.5) is 11.4 Å². The molecule has 41 heavy (non-hydrogen) atoms. The Kier molecular flexibility index (Phi) is 8.61. The van der Waals surface area contributed by atoms with E-state index in [2.05, 4.69) is 153 Å². The highest BCUT2D eigenvalue weighted by Crippen LogP contribution is 2.48. The Morgan fingerprint density at radius 2 is 0.854 bits per heavy atom. The number of benzene rings is 5. The second kappa shape index (κ2) is 12.5. The van der Waals surface area contributed by atoms with Crippen molar-refractivity contribution in [2.45, 2.75) is 0 Å². The van der Waals surface area contributed by atoms with E-state index in [0.717, 1.165) is 45.1 Å². The molecule has 0 amide bonds. The zero-order chi connectivity index (χ0) is 28.9. The zero-order valence-corrected chi connectivity index (χ0v) is 25.5. The SMILES string of the molecule is COc1cccc(N(C)C)c1-c1cccc(-c2c(OC)cccc2N(C)C)c1P(c1ccccc1)c1ccccc1. The van der Waals surface area contributed by atoms with Crippen molar-refractivity contribution >= 4 is 35.2 Å². The van der Waals surface area contributed by atoms with Crippen molar-refractivity contribution in [3.63, 3.8) is 0 Å². The highest BCUT2D eigenvalue weighted by Gasteiger charge is 2.29. The molecule has 208 valence electrons. The van der Waals surface area contributed by atoms with Gasteiger partial charge in [-0.15, -0.1) is 0 Å². The lowest BCUT2D eigenvalue weighted by atomic mass is 9.95. The van der Waals surface area contributed by atoms with Crippen LogP contribution in [0.15, 0.2) is 115 Å². The van der Waals surface area contributed by atoms with E-state index in [9.17, 15) is 0 Å². The van der Waals surface area contributed by atoms with E-state index in [1.165, 1.54) is 15.9 Å². The molecule has 0 aliphatic rings. The first kappa shape index (κ1) is 28.3. The van der Waals surface area contributed by atoms with Crippen molar-refractivity contribution in [2.24, 2.45) is 0 Å². The molecule has 4 nitrogen and oxygen atoms in total. The van der Waals surface area contributed by atoms with Gasteiger partial charge in [0, 0.05) is 56.0 Å². The maximum absolute atomic E-state index is 6.04. The van der Waals surface area contributed by atoms with Crippen LogP contribution in [0.3, 0.4) is 0 Å². The first-order valence-corrected chi connectivity index (χ1v) is 15.0. The van der Waals surface area contributed by atoms with Gasteiger partial charge in [0.25, 0.3) is 0 Å². The molecule has 0 aromatic heterocycles. The average molecular weight is 561 g/mol. The maximum atomic E-state index is 6.04. The second-order valence-electron chi connectivity index (χ2n) is 10.2. The van der Waals surface area contributed by atoms with Crippen molar-refractivity contribution in [3.8, 4) is 33.8 Å². The van der Waals surface area contributed by atoms with Crippen molar-refractivity contribution in [2.75, 3.05) is 52.2 Å². The van der Waals surface area contributed by atoms with E-state index in [-0.39, 0.29) is 0 Å². The van der Waals surface area contributed by atoms with Crippen LogP contribution < -0.4 is 35.2 Å². The number of rotatable bonds is 9. The molecule has 5 heteroatoms. The Labute approximate surface area is 245 Å². The van der Waals surface area contributed by atoms with Crippen LogP contribution in [0.1, 0.15) is 0 Å². The summed E-state index contributed by atoms with van der Waals surface area (Å²) in [7, 11) is 10.9. The molecule has 0 bridgehead atoms. The van der Waals surface area contributed by atoms with Gasteiger partial charge in [-0.05, 0) is 53.9 Å². The summed E-state index contributed by atoms with van der Waals surface area (Å²) >= 11 is 0. The second-order valence-corrected chi connectivity index (χ2v) is 12.4. The molecule has 0 heterocycles. The van der Waals surface area contributed by atoms with Crippen LogP contribution in [-0.2, 0) is 0 Å². The smallest absolute Gasteiger partial charge is 0.128 e. The predicted molar refractivity (Wildman–Crippen MR) is 178 cm³/mol. The minimum absolute atomic E-state index is 0.846. The fourth-order valence-electron chi connectivity index (χ4n) is 5.42. The molecule has 0 atom stereocenters. The third kappa shape index (κ3) is 5.53.